The Morgan fingerprint density at radius 2 is 2.00 bits per heavy atom. The van der Waals surface area contributed by atoms with Crippen LogP contribution >= 0.6 is 0 Å². The van der Waals surface area contributed by atoms with E-state index in [0.717, 1.165) is 11.2 Å². The summed E-state index contributed by atoms with van der Waals surface area (Å²) < 4.78 is 66.6. The van der Waals surface area contributed by atoms with Crippen molar-refractivity contribution in [3.05, 3.63) is 29.8 Å². The quantitative estimate of drug-likeness (QED) is 0.874. The molecule has 1 fully saturated rings. The van der Waals surface area contributed by atoms with Gasteiger partial charge in [-0.05, 0) is 18.6 Å². The van der Waals surface area contributed by atoms with Crippen molar-refractivity contribution >= 4 is 21.6 Å². The van der Waals surface area contributed by atoms with Crippen molar-refractivity contribution in [1.82, 2.24) is 4.90 Å². The van der Waals surface area contributed by atoms with Crippen LogP contribution in [0.5, 0.6) is 0 Å². The maximum absolute atomic E-state index is 13.0. The topological polar surface area (TPSA) is 75.7 Å². The highest BCUT2D eigenvalue weighted by atomic mass is 32.2. The zero-order chi connectivity index (χ0) is 18.8. The Labute approximate surface area is 143 Å². The fourth-order valence-electron chi connectivity index (χ4n) is 2.68. The van der Waals surface area contributed by atoms with Gasteiger partial charge in [0.1, 0.15) is 0 Å². The van der Waals surface area contributed by atoms with E-state index in [1.165, 1.54) is 19.1 Å². The number of rotatable bonds is 3. The average molecular weight is 380 g/mol. The van der Waals surface area contributed by atoms with E-state index in [2.05, 4.69) is 5.32 Å². The maximum atomic E-state index is 13.0. The van der Waals surface area contributed by atoms with Gasteiger partial charge in [0.2, 0.25) is 0 Å². The number of urea groups is 1. The third-order valence-electron chi connectivity index (χ3n) is 3.82. The molecule has 0 aliphatic carbocycles. The number of amides is 2. The van der Waals surface area contributed by atoms with Crippen LogP contribution in [-0.2, 0) is 20.3 Å². The number of ether oxygens (including phenoxy) is 1. The predicted octanol–water partition coefficient (Wildman–Crippen LogP) is 2.41. The van der Waals surface area contributed by atoms with Crippen molar-refractivity contribution < 1.29 is 31.1 Å². The summed E-state index contributed by atoms with van der Waals surface area (Å²) >= 11 is 0. The van der Waals surface area contributed by atoms with E-state index in [0.29, 0.717) is 5.56 Å². The molecule has 1 saturated heterocycles. The Balaban J connectivity index is 2.17. The summed E-state index contributed by atoms with van der Waals surface area (Å²) in [5.74, 6) is -0.284. The Kier molecular flexibility index (Phi) is 5.62. The van der Waals surface area contributed by atoms with E-state index >= 15 is 0 Å². The van der Waals surface area contributed by atoms with Crippen LogP contribution in [-0.4, -0.2) is 57.1 Å². The number of benzene rings is 1. The second kappa shape index (κ2) is 7.20. The molecule has 140 valence electrons. The molecule has 0 radical (unpaired) electrons. The monoisotopic (exact) mass is 380 g/mol. The minimum absolute atomic E-state index is 0.00776. The molecule has 0 saturated carbocycles. The molecule has 1 aliphatic rings. The number of nitrogens with zero attached hydrogens (tertiary/aromatic N) is 1. The highest BCUT2D eigenvalue weighted by Gasteiger charge is 2.49. The lowest BCUT2D eigenvalue weighted by molar-refractivity contribution is -0.246. The number of nitrogens with one attached hydrogen (secondary N) is 1. The van der Waals surface area contributed by atoms with Crippen LogP contribution in [0.2, 0.25) is 0 Å². The summed E-state index contributed by atoms with van der Waals surface area (Å²) in [6.07, 6.45) is -5.57. The van der Waals surface area contributed by atoms with Crippen molar-refractivity contribution in [3.8, 4) is 0 Å². The molecule has 10 heteroatoms. The number of para-hydroxylation sites is 1. The molecule has 0 bridgehead atoms. The predicted molar refractivity (Wildman–Crippen MR) is 86.0 cm³/mol. The van der Waals surface area contributed by atoms with Crippen LogP contribution in [0.25, 0.3) is 0 Å². The molecular formula is C15H19F3N2O4S. The number of anilines is 1. The van der Waals surface area contributed by atoms with Crippen molar-refractivity contribution in [1.29, 1.82) is 0 Å². The van der Waals surface area contributed by atoms with Crippen LogP contribution in [0.15, 0.2) is 24.3 Å². The molecule has 1 aliphatic heterocycles. The molecule has 0 spiro atoms. The van der Waals surface area contributed by atoms with E-state index in [-0.39, 0.29) is 24.6 Å². The van der Waals surface area contributed by atoms with Gasteiger partial charge in [0, 0.05) is 18.5 Å². The van der Waals surface area contributed by atoms with Crippen LogP contribution < -0.4 is 5.32 Å². The Bertz CT molecular complexity index is 737. The van der Waals surface area contributed by atoms with Gasteiger partial charge in [-0.2, -0.15) is 13.2 Å². The van der Waals surface area contributed by atoms with Crippen molar-refractivity contribution in [2.45, 2.75) is 31.0 Å². The zero-order valence-corrected chi connectivity index (χ0v) is 14.5. The molecule has 6 nitrogen and oxygen atoms in total. The molecule has 2 rings (SSSR count). The summed E-state index contributed by atoms with van der Waals surface area (Å²) in [6.45, 7) is 1.04. The minimum Gasteiger partial charge on any atom is -0.365 e. The van der Waals surface area contributed by atoms with E-state index in [4.69, 9.17) is 4.74 Å². The first kappa shape index (κ1) is 19.5. The molecule has 2 amide bonds. The van der Waals surface area contributed by atoms with Crippen molar-refractivity contribution in [2.75, 3.05) is 24.7 Å². The van der Waals surface area contributed by atoms with Gasteiger partial charge in [0.15, 0.2) is 15.9 Å². The third-order valence-corrected chi connectivity index (χ3v) is 4.65. The van der Waals surface area contributed by atoms with Crippen LogP contribution in [0.1, 0.15) is 12.5 Å². The van der Waals surface area contributed by atoms with E-state index in [1.807, 2.05) is 0 Å². The number of carbonyl (C=O) groups excluding carboxylic acids is 1. The van der Waals surface area contributed by atoms with E-state index < -0.39 is 34.2 Å². The second-order valence-corrected chi connectivity index (χ2v) is 8.06. The first-order valence-electron chi connectivity index (χ1n) is 7.50. The van der Waals surface area contributed by atoms with Gasteiger partial charge in [-0.3, -0.25) is 0 Å². The molecule has 1 aromatic carbocycles. The summed E-state index contributed by atoms with van der Waals surface area (Å²) in [4.78, 5) is 13.5. The highest BCUT2D eigenvalue weighted by Crippen LogP contribution is 2.30. The number of hydrogen-bond acceptors (Lipinski definition) is 4. The molecule has 1 heterocycles. The number of morpholine rings is 1. The molecule has 1 N–H and O–H groups in total. The van der Waals surface area contributed by atoms with Gasteiger partial charge < -0.3 is 15.0 Å². The Morgan fingerprint density at radius 3 is 2.60 bits per heavy atom. The first-order valence-corrected chi connectivity index (χ1v) is 9.56. The standard InChI is InChI=1S/C15H19F3N2O4S/c1-10-13(15(16,17)18)24-8-7-20(10)14(21)19-12-6-4-3-5-11(12)9-25(2,22)23/h3-6,10,13H,7-9H2,1-2H3,(H,19,21). The average Bonchev–Trinajstić information content (AvgIpc) is 2.46. The van der Waals surface area contributed by atoms with Gasteiger partial charge in [-0.25, -0.2) is 13.2 Å². The smallest absolute Gasteiger partial charge is 0.365 e. The zero-order valence-electron chi connectivity index (χ0n) is 13.7. The van der Waals surface area contributed by atoms with Gasteiger partial charge in [-0.15, -0.1) is 0 Å². The van der Waals surface area contributed by atoms with Crippen LogP contribution in [0.3, 0.4) is 0 Å². The van der Waals surface area contributed by atoms with Crippen LogP contribution in [0, 0.1) is 0 Å². The number of alkyl halides is 3. The Hall–Kier alpha value is -1.81. The fraction of sp³-hybridized carbons (Fsp3) is 0.533. The highest BCUT2D eigenvalue weighted by molar-refractivity contribution is 7.89. The summed E-state index contributed by atoms with van der Waals surface area (Å²) in [6, 6.07) is 4.33. The number of hydrogen-bond donors (Lipinski definition) is 1. The Morgan fingerprint density at radius 1 is 1.36 bits per heavy atom. The van der Waals surface area contributed by atoms with E-state index in [9.17, 15) is 26.4 Å². The molecule has 0 aromatic heterocycles. The number of halogens is 3. The second-order valence-electron chi connectivity index (χ2n) is 5.92. The maximum Gasteiger partial charge on any atom is 0.416 e. The lowest BCUT2D eigenvalue weighted by atomic mass is 10.1. The number of sulfone groups is 1. The fourth-order valence-corrected chi connectivity index (χ4v) is 3.49. The molecule has 2 unspecified atom stereocenters. The lowest BCUT2D eigenvalue weighted by Crippen LogP contribution is -2.58. The summed E-state index contributed by atoms with van der Waals surface area (Å²) in [7, 11) is -3.33. The molecular weight excluding hydrogens is 361 g/mol. The number of carbonyl (C=O) groups is 1. The van der Waals surface area contributed by atoms with E-state index in [1.54, 1.807) is 12.1 Å². The molecule has 1 aromatic rings. The summed E-state index contributed by atoms with van der Waals surface area (Å²) in [5, 5.41) is 2.50. The normalized spacial score (nSPS) is 21.9. The van der Waals surface area contributed by atoms with Crippen molar-refractivity contribution in [2.24, 2.45) is 0 Å². The van der Waals surface area contributed by atoms with Crippen LogP contribution in [0.4, 0.5) is 23.7 Å². The van der Waals surface area contributed by atoms with Gasteiger partial charge in [-0.1, -0.05) is 18.2 Å². The van der Waals surface area contributed by atoms with Gasteiger partial charge >= 0.3 is 12.2 Å². The van der Waals surface area contributed by atoms with Gasteiger partial charge in [0.25, 0.3) is 0 Å². The first-order chi connectivity index (χ1) is 11.5. The SMILES string of the molecule is CC1C(C(F)(F)F)OCCN1C(=O)Nc1ccccc1CS(C)(=O)=O. The van der Waals surface area contributed by atoms with Crippen molar-refractivity contribution in [3.63, 3.8) is 0 Å². The largest absolute Gasteiger partial charge is 0.416 e. The molecule has 25 heavy (non-hydrogen) atoms. The third kappa shape index (κ3) is 5.08. The summed E-state index contributed by atoms with van der Waals surface area (Å²) in [5.41, 5.74) is 0.617. The van der Waals surface area contributed by atoms with Gasteiger partial charge in [0.05, 0.1) is 18.4 Å². The molecule has 2 atom stereocenters. The minimum atomic E-state index is -4.58. The lowest BCUT2D eigenvalue weighted by Gasteiger charge is -2.39.